The molecule has 1 atom stereocenters. The predicted molar refractivity (Wildman–Crippen MR) is 81.9 cm³/mol. The van der Waals surface area contributed by atoms with Crippen molar-refractivity contribution in [2.45, 2.75) is 19.3 Å². The summed E-state index contributed by atoms with van der Waals surface area (Å²) in [5, 5.41) is 14.3. The Morgan fingerprint density at radius 3 is 2.91 bits per heavy atom. The van der Waals surface area contributed by atoms with Gasteiger partial charge in [-0.25, -0.2) is 0 Å². The summed E-state index contributed by atoms with van der Waals surface area (Å²) in [7, 11) is 3.30. The minimum Gasteiger partial charge on any atom is -0.496 e. The van der Waals surface area contributed by atoms with Gasteiger partial charge in [0.15, 0.2) is 5.82 Å². The van der Waals surface area contributed by atoms with E-state index in [0.29, 0.717) is 28.7 Å². The number of nitrogens with one attached hydrogen (secondary N) is 1. The van der Waals surface area contributed by atoms with Crippen LogP contribution >= 0.6 is 11.6 Å². The van der Waals surface area contributed by atoms with Crippen molar-refractivity contribution in [3.05, 3.63) is 34.6 Å². The molecular weight excluding hydrogens is 306 g/mol. The van der Waals surface area contributed by atoms with Crippen LogP contribution in [0.5, 0.6) is 5.75 Å². The maximum Gasteiger partial charge on any atom is 0.226 e. The number of ether oxygens (including phenoxy) is 1. The van der Waals surface area contributed by atoms with Crippen LogP contribution in [0.1, 0.15) is 24.2 Å². The van der Waals surface area contributed by atoms with E-state index in [9.17, 15) is 4.79 Å². The fraction of sp³-hybridized carbons (Fsp3) is 0.429. The second kappa shape index (κ2) is 7.22. The third-order valence-corrected chi connectivity index (χ3v) is 3.75. The molecule has 1 N–H and O–H groups in total. The molecule has 0 aliphatic carbocycles. The molecule has 0 radical (unpaired) electrons. The van der Waals surface area contributed by atoms with Gasteiger partial charge in [0.1, 0.15) is 5.75 Å². The summed E-state index contributed by atoms with van der Waals surface area (Å²) in [5.41, 5.74) is 0.690. The van der Waals surface area contributed by atoms with Gasteiger partial charge in [-0.05, 0) is 12.1 Å². The van der Waals surface area contributed by atoms with Crippen molar-refractivity contribution in [1.82, 2.24) is 25.5 Å². The summed E-state index contributed by atoms with van der Waals surface area (Å²) >= 11 is 6.16. The fourth-order valence-corrected chi connectivity index (χ4v) is 2.39. The number of amides is 1. The van der Waals surface area contributed by atoms with Crippen molar-refractivity contribution in [3.8, 4) is 5.75 Å². The number of rotatable bonds is 6. The van der Waals surface area contributed by atoms with Gasteiger partial charge in [0.25, 0.3) is 0 Å². The van der Waals surface area contributed by atoms with Crippen LogP contribution in [0.4, 0.5) is 0 Å². The number of halogens is 1. The number of aromatic amines is 1. The molecule has 118 valence electrons. The number of aromatic nitrogens is 4. The minimum atomic E-state index is -0.0539. The summed E-state index contributed by atoms with van der Waals surface area (Å²) in [6, 6.07) is 5.32. The highest BCUT2D eigenvalue weighted by Crippen LogP contribution is 2.27. The van der Waals surface area contributed by atoms with Gasteiger partial charge in [0.05, 0.1) is 13.5 Å². The molecule has 1 unspecified atom stereocenters. The van der Waals surface area contributed by atoms with Crippen LogP contribution in [0, 0.1) is 0 Å². The van der Waals surface area contributed by atoms with Crippen molar-refractivity contribution >= 4 is 17.5 Å². The quantitative estimate of drug-likeness (QED) is 0.874. The number of H-pyrrole nitrogens is 1. The molecule has 0 aliphatic heterocycles. The molecule has 1 heterocycles. The number of benzene rings is 1. The lowest BCUT2D eigenvalue weighted by Gasteiger charge is -2.20. The van der Waals surface area contributed by atoms with Crippen LogP contribution in [0.2, 0.25) is 5.02 Å². The number of likely N-dealkylation sites (N-methyl/N-ethyl adjacent to an activating group) is 1. The van der Waals surface area contributed by atoms with Crippen LogP contribution in [-0.4, -0.2) is 52.1 Å². The number of methoxy groups -OCH3 is 1. The van der Waals surface area contributed by atoms with Crippen LogP contribution in [0.3, 0.4) is 0 Å². The molecule has 1 amide bonds. The first-order valence-corrected chi connectivity index (χ1v) is 7.19. The van der Waals surface area contributed by atoms with Crippen molar-refractivity contribution in [2.24, 2.45) is 0 Å². The van der Waals surface area contributed by atoms with E-state index in [2.05, 4.69) is 20.6 Å². The fourth-order valence-electron chi connectivity index (χ4n) is 2.16. The van der Waals surface area contributed by atoms with Crippen LogP contribution in [0.25, 0.3) is 0 Å². The molecule has 0 aliphatic rings. The van der Waals surface area contributed by atoms with Gasteiger partial charge in [-0.15, -0.1) is 10.2 Å². The molecule has 0 saturated heterocycles. The van der Waals surface area contributed by atoms with Crippen molar-refractivity contribution in [3.63, 3.8) is 0 Å². The largest absolute Gasteiger partial charge is 0.496 e. The molecule has 0 saturated carbocycles. The van der Waals surface area contributed by atoms with E-state index in [0.717, 1.165) is 0 Å². The number of nitrogens with zero attached hydrogens (tertiary/aromatic N) is 4. The van der Waals surface area contributed by atoms with E-state index in [4.69, 9.17) is 16.3 Å². The second-order valence-corrected chi connectivity index (χ2v) is 5.45. The number of carbonyl (C=O) groups excluding carboxylic acids is 1. The molecule has 2 rings (SSSR count). The zero-order chi connectivity index (χ0) is 16.1. The molecule has 0 bridgehead atoms. The molecule has 22 heavy (non-hydrogen) atoms. The van der Waals surface area contributed by atoms with E-state index in [1.807, 2.05) is 6.92 Å². The number of carbonyl (C=O) groups is 1. The zero-order valence-corrected chi connectivity index (χ0v) is 13.5. The van der Waals surface area contributed by atoms with Gasteiger partial charge in [-0.2, -0.15) is 5.21 Å². The summed E-state index contributed by atoms with van der Waals surface area (Å²) in [4.78, 5) is 14.0. The molecule has 1 aromatic heterocycles. The Kier molecular flexibility index (Phi) is 5.32. The summed E-state index contributed by atoms with van der Waals surface area (Å²) < 4.78 is 5.26. The Morgan fingerprint density at radius 2 is 2.27 bits per heavy atom. The smallest absolute Gasteiger partial charge is 0.226 e. The molecular formula is C14H18ClN5O2. The zero-order valence-electron chi connectivity index (χ0n) is 12.7. The number of hydrogen-bond donors (Lipinski definition) is 1. The van der Waals surface area contributed by atoms with E-state index in [1.54, 1.807) is 37.3 Å². The van der Waals surface area contributed by atoms with E-state index in [-0.39, 0.29) is 18.2 Å². The van der Waals surface area contributed by atoms with E-state index in [1.165, 1.54) is 0 Å². The van der Waals surface area contributed by atoms with Gasteiger partial charge in [-0.3, -0.25) is 4.79 Å². The van der Waals surface area contributed by atoms with Gasteiger partial charge in [0.2, 0.25) is 5.91 Å². The lowest BCUT2D eigenvalue weighted by molar-refractivity contribution is -0.129. The standard InChI is InChI=1S/C14H18ClN5O2/c1-9(14-16-18-19-17-14)8-20(2)13(21)7-10-11(15)5-4-6-12(10)22-3/h4-6,9H,7-8H2,1-3H3,(H,16,17,18,19). The van der Waals surface area contributed by atoms with Gasteiger partial charge >= 0.3 is 0 Å². The summed E-state index contributed by atoms with van der Waals surface area (Å²) in [5.74, 6) is 1.12. The Labute approximate surface area is 133 Å². The SMILES string of the molecule is COc1cccc(Cl)c1CC(=O)N(C)CC(C)c1nn[nH]n1. The van der Waals surface area contributed by atoms with Crippen molar-refractivity contribution < 1.29 is 9.53 Å². The average molecular weight is 324 g/mol. The topological polar surface area (TPSA) is 84.0 Å². The third-order valence-electron chi connectivity index (χ3n) is 3.40. The number of tetrazole rings is 1. The van der Waals surface area contributed by atoms with Crippen molar-refractivity contribution in [2.75, 3.05) is 20.7 Å². The normalized spacial score (nSPS) is 12.0. The molecule has 8 heteroatoms. The maximum absolute atomic E-state index is 12.4. The lowest BCUT2D eigenvalue weighted by Crippen LogP contribution is -2.32. The van der Waals surface area contributed by atoms with E-state index >= 15 is 0 Å². The molecule has 1 aromatic carbocycles. The highest BCUT2D eigenvalue weighted by Gasteiger charge is 2.19. The minimum absolute atomic E-state index is 0.0131. The van der Waals surface area contributed by atoms with E-state index < -0.39 is 0 Å². The predicted octanol–water partition coefficient (Wildman–Crippen LogP) is 1.67. The molecule has 0 fully saturated rings. The Bertz CT molecular complexity index is 632. The van der Waals surface area contributed by atoms with Crippen molar-refractivity contribution in [1.29, 1.82) is 0 Å². The molecule has 2 aromatic rings. The number of hydrogen-bond acceptors (Lipinski definition) is 5. The first-order chi connectivity index (χ1) is 10.5. The van der Waals surface area contributed by atoms with Gasteiger partial charge in [-0.1, -0.05) is 29.8 Å². The molecule has 7 nitrogen and oxygen atoms in total. The Hall–Kier alpha value is -2.15. The summed E-state index contributed by atoms with van der Waals surface area (Å²) in [6.07, 6.45) is 0.179. The first kappa shape index (κ1) is 16.2. The Balaban J connectivity index is 2.03. The van der Waals surface area contributed by atoms with Crippen LogP contribution in [0.15, 0.2) is 18.2 Å². The van der Waals surface area contributed by atoms with Gasteiger partial charge in [0, 0.05) is 30.1 Å². The van der Waals surface area contributed by atoms with Crippen LogP contribution in [-0.2, 0) is 11.2 Å². The molecule has 0 spiro atoms. The highest BCUT2D eigenvalue weighted by molar-refractivity contribution is 6.31. The monoisotopic (exact) mass is 323 g/mol. The Morgan fingerprint density at radius 1 is 1.50 bits per heavy atom. The first-order valence-electron chi connectivity index (χ1n) is 6.81. The third kappa shape index (κ3) is 3.73. The maximum atomic E-state index is 12.4. The summed E-state index contributed by atoms with van der Waals surface area (Å²) in [6.45, 7) is 2.43. The highest BCUT2D eigenvalue weighted by atomic mass is 35.5. The van der Waals surface area contributed by atoms with Crippen LogP contribution < -0.4 is 4.74 Å². The van der Waals surface area contributed by atoms with Gasteiger partial charge < -0.3 is 9.64 Å². The lowest BCUT2D eigenvalue weighted by atomic mass is 10.1. The average Bonchev–Trinajstić information content (AvgIpc) is 3.03. The second-order valence-electron chi connectivity index (χ2n) is 5.04.